The van der Waals surface area contributed by atoms with Gasteiger partial charge in [-0.25, -0.2) is 0 Å². The maximum atomic E-state index is 12.9. The monoisotopic (exact) mass is 366 g/mol. The van der Waals surface area contributed by atoms with Crippen molar-refractivity contribution in [1.29, 1.82) is 0 Å². The molecule has 2 amide bonds. The van der Waals surface area contributed by atoms with Gasteiger partial charge in [-0.05, 0) is 43.2 Å². The number of alkyl halides is 3. The standard InChI is InChI=1S/C17H17F3N4O2/c1-10(25)21-12-4-6-13(7-5-12)22-16(26)9-24-14(11-2-3-11)8-15(23-24)17(18,19)20/h4-8,11H,2-3,9H2,1H3,(H,21,25)(H,22,26). The second-order valence-electron chi connectivity index (χ2n) is 6.19. The summed E-state index contributed by atoms with van der Waals surface area (Å²) in [6.45, 7) is 1.09. The molecule has 0 radical (unpaired) electrons. The first-order valence-corrected chi connectivity index (χ1v) is 8.05. The summed E-state index contributed by atoms with van der Waals surface area (Å²) in [5, 5.41) is 8.76. The highest BCUT2D eigenvalue weighted by Crippen LogP contribution is 2.42. The molecule has 9 heteroatoms. The van der Waals surface area contributed by atoms with Gasteiger partial charge in [-0.3, -0.25) is 14.3 Å². The Morgan fingerprint density at radius 3 is 2.23 bits per heavy atom. The van der Waals surface area contributed by atoms with Crippen molar-refractivity contribution in [2.24, 2.45) is 0 Å². The first-order valence-electron chi connectivity index (χ1n) is 8.05. The van der Waals surface area contributed by atoms with Crippen molar-refractivity contribution in [3.05, 3.63) is 41.7 Å². The third kappa shape index (κ3) is 4.41. The predicted molar refractivity (Wildman–Crippen MR) is 88.6 cm³/mol. The predicted octanol–water partition coefficient (Wildman–Crippen LogP) is 3.38. The van der Waals surface area contributed by atoms with Crippen LogP contribution in [-0.2, 0) is 22.3 Å². The number of halogens is 3. The lowest BCUT2D eigenvalue weighted by Crippen LogP contribution is -2.21. The van der Waals surface area contributed by atoms with Gasteiger partial charge in [-0.2, -0.15) is 18.3 Å². The van der Waals surface area contributed by atoms with Crippen LogP contribution in [0.4, 0.5) is 24.5 Å². The molecule has 6 nitrogen and oxygen atoms in total. The topological polar surface area (TPSA) is 76.0 Å². The normalized spacial score (nSPS) is 14.2. The van der Waals surface area contributed by atoms with Gasteiger partial charge < -0.3 is 10.6 Å². The van der Waals surface area contributed by atoms with Gasteiger partial charge in [0.25, 0.3) is 0 Å². The third-order valence-electron chi connectivity index (χ3n) is 3.88. The number of rotatable bonds is 5. The highest BCUT2D eigenvalue weighted by molar-refractivity contribution is 5.92. The van der Waals surface area contributed by atoms with E-state index in [1.54, 1.807) is 24.3 Å². The Labute approximate surface area is 147 Å². The zero-order valence-corrected chi connectivity index (χ0v) is 13.9. The van der Waals surface area contributed by atoms with E-state index in [0.717, 1.165) is 23.6 Å². The molecule has 0 aliphatic heterocycles. The molecule has 26 heavy (non-hydrogen) atoms. The van der Waals surface area contributed by atoms with Crippen LogP contribution >= 0.6 is 0 Å². The van der Waals surface area contributed by atoms with Gasteiger partial charge in [0.2, 0.25) is 11.8 Å². The summed E-state index contributed by atoms with van der Waals surface area (Å²) in [4.78, 5) is 23.1. The summed E-state index contributed by atoms with van der Waals surface area (Å²) in [7, 11) is 0. The van der Waals surface area contributed by atoms with Crippen molar-refractivity contribution in [3.63, 3.8) is 0 Å². The van der Waals surface area contributed by atoms with Crippen LogP contribution in [0.15, 0.2) is 30.3 Å². The zero-order chi connectivity index (χ0) is 18.9. The van der Waals surface area contributed by atoms with Crippen molar-refractivity contribution < 1.29 is 22.8 Å². The van der Waals surface area contributed by atoms with Crippen LogP contribution < -0.4 is 10.6 Å². The van der Waals surface area contributed by atoms with Crippen LogP contribution in [0.3, 0.4) is 0 Å². The molecule has 1 saturated carbocycles. The Bertz CT molecular complexity index is 824. The minimum absolute atomic E-state index is 0.0309. The summed E-state index contributed by atoms with van der Waals surface area (Å²) in [5.41, 5.74) is 0.508. The molecular formula is C17H17F3N4O2. The largest absolute Gasteiger partial charge is 0.435 e. The average Bonchev–Trinajstić information content (AvgIpc) is 3.28. The summed E-state index contributed by atoms with van der Waals surface area (Å²) >= 11 is 0. The molecule has 3 rings (SSSR count). The summed E-state index contributed by atoms with van der Waals surface area (Å²) < 4.78 is 39.7. The number of carbonyl (C=O) groups excluding carboxylic acids is 2. The molecule has 0 atom stereocenters. The van der Waals surface area contributed by atoms with Crippen molar-refractivity contribution >= 4 is 23.2 Å². The highest BCUT2D eigenvalue weighted by Gasteiger charge is 2.38. The van der Waals surface area contributed by atoms with E-state index in [1.807, 2.05) is 0 Å². The van der Waals surface area contributed by atoms with Crippen molar-refractivity contribution in [2.45, 2.75) is 38.4 Å². The number of nitrogens with zero attached hydrogens (tertiary/aromatic N) is 2. The first kappa shape index (κ1) is 18.0. The second-order valence-corrected chi connectivity index (χ2v) is 6.19. The summed E-state index contributed by atoms with van der Waals surface area (Å²) in [6, 6.07) is 7.43. The van der Waals surface area contributed by atoms with Gasteiger partial charge in [0.1, 0.15) is 6.54 Å². The number of hydrogen-bond acceptors (Lipinski definition) is 3. The highest BCUT2D eigenvalue weighted by atomic mass is 19.4. The van der Waals surface area contributed by atoms with E-state index in [9.17, 15) is 22.8 Å². The molecule has 0 bridgehead atoms. The zero-order valence-electron chi connectivity index (χ0n) is 13.9. The van der Waals surface area contributed by atoms with Gasteiger partial charge in [-0.15, -0.1) is 0 Å². The maximum absolute atomic E-state index is 12.9. The van der Waals surface area contributed by atoms with Crippen molar-refractivity contribution in [1.82, 2.24) is 9.78 Å². The van der Waals surface area contributed by atoms with Gasteiger partial charge in [0.05, 0.1) is 0 Å². The van der Waals surface area contributed by atoms with E-state index in [-0.39, 0.29) is 18.4 Å². The number of nitrogens with one attached hydrogen (secondary N) is 2. The average molecular weight is 366 g/mol. The Balaban J connectivity index is 1.68. The number of hydrogen-bond donors (Lipinski definition) is 2. The minimum atomic E-state index is -4.54. The van der Waals surface area contributed by atoms with Crippen LogP contribution in [-0.4, -0.2) is 21.6 Å². The quantitative estimate of drug-likeness (QED) is 0.852. The Hall–Kier alpha value is -2.84. The minimum Gasteiger partial charge on any atom is -0.326 e. The van der Waals surface area contributed by atoms with Crippen LogP contribution in [0, 0.1) is 0 Å². The smallest absolute Gasteiger partial charge is 0.326 e. The fraction of sp³-hybridized carbons (Fsp3) is 0.353. The number of benzene rings is 1. The third-order valence-corrected chi connectivity index (χ3v) is 3.88. The number of anilines is 2. The van der Waals surface area contributed by atoms with Crippen LogP contribution in [0.2, 0.25) is 0 Å². The molecule has 1 heterocycles. The Kier molecular flexibility index (Phi) is 4.71. The van der Waals surface area contributed by atoms with Crippen LogP contribution in [0.1, 0.15) is 37.1 Å². The summed E-state index contributed by atoms with van der Waals surface area (Å²) in [5.74, 6) is -0.659. The molecule has 1 aromatic heterocycles. The molecule has 2 N–H and O–H groups in total. The van der Waals surface area contributed by atoms with Gasteiger partial charge >= 0.3 is 6.18 Å². The van der Waals surface area contributed by atoms with E-state index in [1.165, 1.54) is 6.92 Å². The van der Waals surface area contributed by atoms with E-state index < -0.39 is 17.8 Å². The number of amides is 2. The molecule has 1 aliphatic rings. The SMILES string of the molecule is CC(=O)Nc1ccc(NC(=O)Cn2nc(C(F)(F)F)cc2C2CC2)cc1. The van der Waals surface area contributed by atoms with Crippen molar-refractivity contribution in [3.8, 4) is 0 Å². The molecule has 1 aliphatic carbocycles. The molecule has 2 aromatic rings. The van der Waals surface area contributed by atoms with E-state index in [0.29, 0.717) is 17.1 Å². The van der Waals surface area contributed by atoms with Crippen molar-refractivity contribution in [2.75, 3.05) is 10.6 Å². The molecule has 0 unspecified atom stereocenters. The van der Waals surface area contributed by atoms with Gasteiger partial charge in [0, 0.05) is 29.9 Å². The molecule has 138 valence electrons. The Morgan fingerprint density at radius 2 is 1.73 bits per heavy atom. The second kappa shape index (κ2) is 6.81. The van der Waals surface area contributed by atoms with Gasteiger partial charge in [0.15, 0.2) is 5.69 Å². The van der Waals surface area contributed by atoms with Crippen LogP contribution in [0.5, 0.6) is 0 Å². The molecule has 1 aromatic carbocycles. The summed E-state index contributed by atoms with van der Waals surface area (Å²) in [6.07, 6.45) is -2.94. The molecule has 0 saturated heterocycles. The van der Waals surface area contributed by atoms with E-state index >= 15 is 0 Å². The lowest BCUT2D eigenvalue weighted by atomic mass is 10.2. The molecule has 0 spiro atoms. The Morgan fingerprint density at radius 1 is 1.15 bits per heavy atom. The first-order chi connectivity index (χ1) is 12.2. The number of aromatic nitrogens is 2. The maximum Gasteiger partial charge on any atom is 0.435 e. The molecular weight excluding hydrogens is 349 g/mol. The lowest BCUT2D eigenvalue weighted by molar-refractivity contribution is -0.141. The lowest BCUT2D eigenvalue weighted by Gasteiger charge is -2.09. The molecule has 1 fully saturated rings. The fourth-order valence-corrected chi connectivity index (χ4v) is 2.58. The van der Waals surface area contributed by atoms with E-state index in [2.05, 4.69) is 15.7 Å². The van der Waals surface area contributed by atoms with E-state index in [4.69, 9.17) is 0 Å². The van der Waals surface area contributed by atoms with Crippen LogP contribution in [0.25, 0.3) is 0 Å². The van der Waals surface area contributed by atoms with Gasteiger partial charge in [-0.1, -0.05) is 0 Å². The fourth-order valence-electron chi connectivity index (χ4n) is 2.58. The number of carbonyl (C=O) groups is 2.